The largest absolute Gasteiger partial charge is 0.480 e. The molecule has 15 heavy (non-hydrogen) atoms. The fraction of sp³-hybridized carbons (Fsp3) is 0.100. The van der Waals surface area contributed by atoms with Gasteiger partial charge in [0, 0.05) is 17.0 Å². The lowest BCUT2D eigenvalue weighted by atomic mass is 10.1. The average molecular weight is 209 g/mol. The highest BCUT2D eigenvalue weighted by Gasteiger charge is 2.19. The molecule has 1 aromatic carbocycles. The van der Waals surface area contributed by atoms with Gasteiger partial charge in [-0.3, -0.25) is 4.79 Å². The van der Waals surface area contributed by atoms with Gasteiger partial charge in [-0.15, -0.1) is 0 Å². The van der Waals surface area contributed by atoms with Crippen molar-refractivity contribution in [1.82, 2.24) is 0 Å². The van der Waals surface area contributed by atoms with E-state index >= 15 is 0 Å². The molecule has 0 aliphatic rings. The van der Waals surface area contributed by atoms with Crippen LogP contribution >= 0.6 is 0 Å². The van der Waals surface area contributed by atoms with Crippen LogP contribution in [0.1, 0.15) is 11.6 Å². The maximum Gasteiger partial charge on any atom is 0.325 e. The monoisotopic (exact) mass is 209 g/mol. The normalized spacial score (nSPS) is 12.9. The third-order valence-corrected chi connectivity index (χ3v) is 2.17. The van der Waals surface area contributed by atoms with Crippen molar-refractivity contribution in [1.29, 1.82) is 0 Å². The Balaban J connectivity index is 2.59. The van der Waals surface area contributed by atoms with Crippen LogP contribution in [0.5, 0.6) is 0 Å². The summed E-state index contributed by atoms with van der Waals surface area (Å²) in [7, 11) is 0. The Morgan fingerprint density at radius 2 is 2.27 bits per heavy atom. The number of halogens is 1. The van der Waals surface area contributed by atoms with E-state index in [0.717, 1.165) is 6.07 Å². The Morgan fingerprint density at radius 3 is 2.93 bits per heavy atom. The molecule has 4 nitrogen and oxygen atoms in total. The number of benzene rings is 1. The van der Waals surface area contributed by atoms with Gasteiger partial charge in [0.05, 0.1) is 6.26 Å². The van der Waals surface area contributed by atoms with Crippen LogP contribution in [0, 0.1) is 5.82 Å². The van der Waals surface area contributed by atoms with E-state index in [1.165, 1.54) is 12.3 Å². The maximum absolute atomic E-state index is 13.4. The molecule has 0 bridgehead atoms. The van der Waals surface area contributed by atoms with E-state index in [0.29, 0.717) is 11.0 Å². The van der Waals surface area contributed by atoms with Gasteiger partial charge >= 0.3 is 5.97 Å². The second kappa shape index (κ2) is 3.36. The highest BCUT2D eigenvalue weighted by Crippen LogP contribution is 2.23. The zero-order valence-electron chi connectivity index (χ0n) is 7.61. The number of hydrogen-bond acceptors (Lipinski definition) is 3. The first-order valence-corrected chi connectivity index (χ1v) is 4.24. The van der Waals surface area contributed by atoms with Crippen molar-refractivity contribution in [3.8, 4) is 0 Å². The summed E-state index contributed by atoms with van der Waals surface area (Å²) in [6, 6.07) is 2.78. The highest BCUT2D eigenvalue weighted by molar-refractivity contribution is 5.81. The van der Waals surface area contributed by atoms with Crippen LogP contribution in [-0.2, 0) is 4.79 Å². The van der Waals surface area contributed by atoms with E-state index < -0.39 is 17.8 Å². The van der Waals surface area contributed by atoms with Crippen LogP contribution in [0.25, 0.3) is 11.0 Å². The van der Waals surface area contributed by atoms with Crippen LogP contribution in [-0.4, -0.2) is 11.1 Å². The van der Waals surface area contributed by atoms with E-state index in [-0.39, 0.29) is 5.56 Å². The van der Waals surface area contributed by atoms with Crippen LogP contribution in [0.3, 0.4) is 0 Å². The minimum Gasteiger partial charge on any atom is -0.480 e. The third kappa shape index (κ3) is 1.57. The lowest BCUT2D eigenvalue weighted by Crippen LogP contribution is -2.21. The van der Waals surface area contributed by atoms with Crippen molar-refractivity contribution in [2.24, 2.45) is 5.73 Å². The Kier molecular flexibility index (Phi) is 2.17. The number of carboxylic acids is 1. The maximum atomic E-state index is 13.4. The van der Waals surface area contributed by atoms with Gasteiger partial charge in [-0.2, -0.15) is 0 Å². The minimum atomic E-state index is -1.36. The van der Waals surface area contributed by atoms with Crippen molar-refractivity contribution in [3.63, 3.8) is 0 Å². The standard InChI is InChI=1S/C10H8FNO3/c11-7-4-8-5(1-2-15-8)3-6(7)9(12)10(13)14/h1-4,9H,12H2,(H,13,14). The molecular formula is C10H8FNO3. The van der Waals surface area contributed by atoms with Crippen molar-refractivity contribution in [3.05, 3.63) is 35.8 Å². The number of fused-ring (bicyclic) bond motifs is 1. The molecule has 0 aliphatic heterocycles. The zero-order chi connectivity index (χ0) is 11.0. The molecule has 2 rings (SSSR count). The van der Waals surface area contributed by atoms with E-state index in [9.17, 15) is 9.18 Å². The molecule has 78 valence electrons. The number of carboxylic acid groups (broad SMARTS) is 1. The van der Waals surface area contributed by atoms with Gasteiger partial charge in [0.2, 0.25) is 0 Å². The number of carbonyl (C=O) groups is 1. The minimum absolute atomic E-state index is 0.0450. The van der Waals surface area contributed by atoms with Gasteiger partial charge < -0.3 is 15.3 Å². The van der Waals surface area contributed by atoms with Gasteiger partial charge in [0.15, 0.2) is 0 Å². The summed E-state index contributed by atoms with van der Waals surface area (Å²) in [4.78, 5) is 10.6. The molecule has 0 radical (unpaired) electrons. The second-order valence-corrected chi connectivity index (χ2v) is 3.15. The molecule has 1 atom stereocenters. The first-order valence-electron chi connectivity index (χ1n) is 4.24. The molecule has 0 amide bonds. The van der Waals surface area contributed by atoms with Crippen molar-refractivity contribution in [2.75, 3.05) is 0 Å². The van der Waals surface area contributed by atoms with Crippen molar-refractivity contribution >= 4 is 16.9 Å². The fourth-order valence-corrected chi connectivity index (χ4v) is 1.37. The highest BCUT2D eigenvalue weighted by atomic mass is 19.1. The van der Waals surface area contributed by atoms with Crippen LogP contribution in [0.15, 0.2) is 28.9 Å². The summed E-state index contributed by atoms with van der Waals surface area (Å²) in [5.74, 6) is -1.94. The van der Waals surface area contributed by atoms with Crippen LogP contribution < -0.4 is 5.73 Å². The van der Waals surface area contributed by atoms with Gasteiger partial charge in [0.25, 0.3) is 0 Å². The number of nitrogens with two attached hydrogens (primary N) is 1. The van der Waals surface area contributed by atoms with Crippen LogP contribution in [0.2, 0.25) is 0 Å². The van der Waals surface area contributed by atoms with Crippen LogP contribution in [0.4, 0.5) is 4.39 Å². The summed E-state index contributed by atoms with van der Waals surface area (Å²) in [5.41, 5.74) is 5.65. The predicted octanol–water partition coefficient (Wildman–Crippen LogP) is 1.66. The average Bonchev–Trinajstić information content (AvgIpc) is 2.62. The quantitative estimate of drug-likeness (QED) is 0.788. The third-order valence-electron chi connectivity index (χ3n) is 2.17. The Bertz CT molecular complexity index is 520. The summed E-state index contributed by atoms with van der Waals surface area (Å²) in [5, 5.41) is 9.30. The van der Waals surface area contributed by atoms with Crippen molar-refractivity contribution in [2.45, 2.75) is 6.04 Å². The van der Waals surface area contributed by atoms with E-state index in [2.05, 4.69) is 0 Å². The molecule has 0 saturated heterocycles. The molecule has 0 fully saturated rings. The lowest BCUT2D eigenvalue weighted by Gasteiger charge is -2.07. The zero-order valence-corrected chi connectivity index (χ0v) is 7.61. The molecule has 5 heteroatoms. The van der Waals surface area contributed by atoms with Crippen molar-refractivity contribution < 1.29 is 18.7 Å². The molecule has 1 unspecified atom stereocenters. The Labute approximate surface area is 84.1 Å². The lowest BCUT2D eigenvalue weighted by molar-refractivity contribution is -0.138. The van der Waals surface area contributed by atoms with Gasteiger partial charge in [-0.1, -0.05) is 0 Å². The molecular weight excluding hydrogens is 201 g/mol. The smallest absolute Gasteiger partial charge is 0.325 e. The first kappa shape index (κ1) is 9.67. The molecule has 0 aliphatic carbocycles. The Hall–Kier alpha value is -1.88. The van der Waals surface area contributed by atoms with E-state index in [1.807, 2.05) is 0 Å². The Morgan fingerprint density at radius 1 is 1.53 bits per heavy atom. The number of furan rings is 1. The van der Waals surface area contributed by atoms with Gasteiger partial charge in [-0.25, -0.2) is 4.39 Å². The number of hydrogen-bond donors (Lipinski definition) is 2. The number of rotatable bonds is 2. The summed E-state index contributed by atoms with van der Waals surface area (Å²) < 4.78 is 18.4. The SMILES string of the molecule is NC(C(=O)O)c1cc2ccoc2cc1F. The second-order valence-electron chi connectivity index (χ2n) is 3.15. The van der Waals surface area contributed by atoms with Gasteiger partial charge in [0.1, 0.15) is 17.4 Å². The fourth-order valence-electron chi connectivity index (χ4n) is 1.37. The number of aliphatic carboxylic acids is 1. The molecule has 0 spiro atoms. The summed E-state index contributed by atoms with van der Waals surface area (Å²) >= 11 is 0. The first-order chi connectivity index (χ1) is 7.09. The van der Waals surface area contributed by atoms with E-state index in [1.54, 1.807) is 6.07 Å². The summed E-state index contributed by atoms with van der Waals surface area (Å²) in [6.45, 7) is 0. The van der Waals surface area contributed by atoms with Gasteiger partial charge in [-0.05, 0) is 12.1 Å². The predicted molar refractivity (Wildman–Crippen MR) is 50.7 cm³/mol. The molecule has 1 heterocycles. The molecule has 1 aromatic heterocycles. The molecule has 3 N–H and O–H groups in total. The molecule has 0 saturated carbocycles. The molecule has 2 aromatic rings. The summed E-state index contributed by atoms with van der Waals surface area (Å²) in [6.07, 6.45) is 1.40. The topological polar surface area (TPSA) is 76.5 Å². The van der Waals surface area contributed by atoms with E-state index in [4.69, 9.17) is 15.3 Å².